The minimum atomic E-state index is 0.558. The molecule has 2 unspecified atom stereocenters. The van der Waals surface area contributed by atoms with Crippen LogP contribution in [0.2, 0.25) is 0 Å². The summed E-state index contributed by atoms with van der Waals surface area (Å²) >= 11 is 4.22. The molecule has 1 aromatic heterocycles. The van der Waals surface area contributed by atoms with Crippen molar-refractivity contribution in [3.05, 3.63) is 29.6 Å². The number of aryl methyl sites for hydroxylation is 1. The van der Waals surface area contributed by atoms with E-state index in [-0.39, 0.29) is 0 Å². The summed E-state index contributed by atoms with van der Waals surface area (Å²) in [6.07, 6.45) is 4.15. The number of likely N-dealkylation sites (N-methyl/N-ethyl adjacent to an activating group) is 1. The Balaban J connectivity index is 1.97. The first-order chi connectivity index (χ1) is 9.33. The molecule has 1 aliphatic heterocycles. The third kappa shape index (κ3) is 4.69. The summed E-state index contributed by atoms with van der Waals surface area (Å²) in [5.74, 6) is 3.87. The molecule has 19 heavy (non-hydrogen) atoms. The maximum absolute atomic E-state index is 4.61. The van der Waals surface area contributed by atoms with Gasteiger partial charge >= 0.3 is 0 Å². The van der Waals surface area contributed by atoms with E-state index in [1.54, 1.807) is 0 Å². The van der Waals surface area contributed by atoms with E-state index < -0.39 is 0 Å². The Bertz CT molecular complexity index is 361. The number of rotatable bonds is 6. The molecule has 2 atom stereocenters. The number of hydrogen-bond donors (Lipinski definition) is 1. The molecule has 0 radical (unpaired) electrons. The van der Waals surface area contributed by atoms with Gasteiger partial charge in [-0.2, -0.15) is 23.5 Å². The number of hydrogen-bond acceptors (Lipinski definition) is 4. The maximum Gasteiger partial charge on any atom is 0.0419 e. The van der Waals surface area contributed by atoms with Crippen molar-refractivity contribution in [3.63, 3.8) is 0 Å². The van der Waals surface area contributed by atoms with Crippen LogP contribution in [0.3, 0.4) is 0 Å². The van der Waals surface area contributed by atoms with Gasteiger partial charge in [0.05, 0.1) is 0 Å². The van der Waals surface area contributed by atoms with Crippen LogP contribution < -0.4 is 5.32 Å². The Morgan fingerprint density at radius 1 is 1.37 bits per heavy atom. The normalized spacial score (nSPS) is 21.3. The zero-order valence-electron chi connectivity index (χ0n) is 11.9. The molecule has 2 rings (SSSR count). The van der Waals surface area contributed by atoms with E-state index in [0.717, 1.165) is 24.6 Å². The molecule has 106 valence electrons. The average Bonchev–Trinajstić information content (AvgIpc) is 2.48. The summed E-state index contributed by atoms with van der Waals surface area (Å²) in [6, 6.07) is 4.97. The fourth-order valence-electron chi connectivity index (χ4n) is 2.35. The van der Waals surface area contributed by atoms with Gasteiger partial charge in [-0.3, -0.25) is 4.98 Å². The van der Waals surface area contributed by atoms with Gasteiger partial charge in [-0.05, 0) is 24.6 Å². The number of pyridine rings is 1. The molecule has 0 amide bonds. The Hall–Kier alpha value is -0.190. The molecule has 1 aliphatic rings. The van der Waals surface area contributed by atoms with Crippen molar-refractivity contribution in [1.82, 2.24) is 10.3 Å². The summed E-state index contributed by atoms with van der Waals surface area (Å²) < 4.78 is 0. The minimum absolute atomic E-state index is 0.558. The molecular weight excluding hydrogens is 272 g/mol. The zero-order valence-corrected chi connectivity index (χ0v) is 13.5. The summed E-state index contributed by atoms with van der Waals surface area (Å²) in [6.45, 7) is 5.41. The van der Waals surface area contributed by atoms with Crippen LogP contribution in [0, 0.1) is 0 Å². The van der Waals surface area contributed by atoms with Gasteiger partial charge in [0, 0.05) is 46.9 Å². The van der Waals surface area contributed by atoms with Crippen molar-refractivity contribution in [1.29, 1.82) is 0 Å². The quantitative estimate of drug-likeness (QED) is 0.872. The predicted molar refractivity (Wildman–Crippen MR) is 88.4 cm³/mol. The second-order valence-corrected chi connectivity index (χ2v) is 7.36. The van der Waals surface area contributed by atoms with Crippen molar-refractivity contribution in [2.45, 2.75) is 38.0 Å². The standard InChI is InChI=1S/C15H24N2S2/c1-3-12-5-6-13(17-10-12)9-14(16-4-2)15-11-18-7-8-19-15/h5-6,10,14-16H,3-4,7-9,11H2,1-2H3. The third-order valence-electron chi connectivity index (χ3n) is 3.48. The molecule has 4 heteroatoms. The zero-order chi connectivity index (χ0) is 13.5. The van der Waals surface area contributed by atoms with Crippen molar-refractivity contribution in [3.8, 4) is 0 Å². The van der Waals surface area contributed by atoms with Gasteiger partial charge in [0.15, 0.2) is 0 Å². The highest BCUT2D eigenvalue weighted by Gasteiger charge is 2.24. The largest absolute Gasteiger partial charge is 0.313 e. The van der Waals surface area contributed by atoms with E-state index in [1.807, 2.05) is 6.20 Å². The van der Waals surface area contributed by atoms with Crippen LogP contribution in [-0.2, 0) is 12.8 Å². The highest BCUT2D eigenvalue weighted by molar-refractivity contribution is 8.06. The van der Waals surface area contributed by atoms with E-state index in [9.17, 15) is 0 Å². The maximum atomic E-state index is 4.61. The van der Waals surface area contributed by atoms with E-state index >= 15 is 0 Å². The highest BCUT2D eigenvalue weighted by atomic mass is 32.2. The average molecular weight is 297 g/mol. The Kier molecular flexibility index (Phi) is 6.54. The van der Waals surface area contributed by atoms with Gasteiger partial charge in [0.1, 0.15) is 0 Å². The number of nitrogens with one attached hydrogen (secondary N) is 1. The molecule has 1 N–H and O–H groups in total. The first-order valence-corrected chi connectivity index (χ1v) is 9.40. The Morgan fingerprint density at radius 3 is 2.84 bits per heavy atom. The van der Waals surface area contributed by atoms with Crippen LogP contribution in [0.4, 0.5) is 0 Å². The number of nitrogens with zero attached hydrogens (tertiary/aromatic N) is 1. The van der Waals surface area contributed by atoms with Crippen molar-refractivity contribution in [2.24, 2.45) is 0 Å². The first kappa shape index (κ1) is 15.2. The summed E-state index contributed by atoms with van der Waals surface area (Å²) in [5.41, 5.74) is 2.55. The van der Waals surface area contributed by atoms with E-state index in [2.05, 4.69) is 59.8 Å². The number of aromatic nitrogens is 1. The lowest BCUT2D eigenvalue weighted by molar-refractivity contribution is 0.517. The van der Waals surface area contributed by atoms with Crippen molar-refractivity contribution >= 4 is 23.5 Å². The summed E-state index contributed by atoms with van der Waals surface area (Å²) in [7, 11) is 0. The lowest BCUT2D eigenvalue weighted by atomic mass is 10.1. The molecule has 0 bridgehead atoms. The summed E-state index contributed by atoms with van der Waals surface area (Å²) in [4.78, 5) is 4.61. The minimum Gasteiger partial charge on any atom is -0.313 e. The second-order valence-electron chi connectivity index (χ2n) is 4.86. The van der Waals surface area contributed by atoms with Gasteiger partial charge in [-0.1, -0.05) is 19.9 Å². The van der Waals surface area contributed by atoms with Gasteiger partial charge in [0.2, 0.25) is 0 Å². The van der Waals surface area contributed by atoms with E-state index in [1.165, 1.54) is 28.5 Å². The Morgan fingerprint density at radius 2 is 2.26 bits per heavy atom. The van der Waals surface area contributed by atoms with Crippen LogP contribution in [0.5, 0.6) is 0 Å². The highest BCUT2D eigenvalue weighted by Crippen LogP contribution is 2.27. The molecule has 1 saturated heterocycles. The molecule has 0 aliphatic carbocycles. The molecule has 2 heterocycles. The fraction of sp³-hybridized carbons (Fsp3) is 0.667. The topological polar surface area (TPSA) is 24.9 Å². The van der Waals surface area contributed by atoms with Gasteiger partial charge < -0.3 is 5.32 Å². The molecular formula is C15H24N2S2. The van der Waals surface area contributed by atoms with Crippen molar-refractivity contribution < 1.29 is 0 Å². The van der Waals surface area contributed by atoms with Crippen LogP contribution >= 0.6 is 23.5 Å². The lowest BCUT2D eigenvalue weighted by Crippen LogP contribution is -2.42. The van der Waals surface area contributed by atoms with Crippen molar-refractivity contribution in [2.75, 3.05) is 23.8 Å². The molecule has 0 saturated carbocycles. The summed E-state index contributed by atoms with van der Waals surface area (Å²) in [5, 5.41) is 4.38. The first-order valence-electron chi connectivity index (χ1n) is 7.20. The predicted octanol–water partition coefficient (Wildman–Crippen LogP) is 3.01. The van der Waals surface area contributed by atoms with Crippen LogP contribution in [0.1, 0.15) is 25.1 Å². The van der Waals surface area contributed by atoms with E-state index in [0.29, 0.717) is 6.04 Å². The van der Waals surface area contributed by atoms with Crippen LogP contribution in [-0.4, -0.2) is 40.1 Å². The molecule has 2 nitrogen and oxygen atoms in total. The van der Waals surface area contributed by atoms with Gasteiger partial charge in [0.25, 0.3) is 0 Å². The van der Waals surface area contributed by atoms with Gasteiger partial charge in [-0.15, -0.1) is 0 Å². The second kappa shape index (κ2) is 8.18. The monoisotopic (exact) mass is 296 g/mol. The Labute approximate surface area is 125 Å². The van der Waals surface area contributed by atoms with E-state index in [4.69, 9.17) is 0 Å². The third-order valence-corrected chi connectivity index (χ3v) is 6.40. The fourth-order valence-corrected chi connectivity index (χ4v) is 5.23. The molecule has 0 aromatic carbocycles. The smallest absolute Gasteiger partial charge is 0.0419 e. The number of thioether (sulfide) groups is 2. The van der Waals surface area contributed by atoms with Gasteiger partial charge in [-0.25, -0.2) is 0 Å². The molecule has 0 spiro atoms. The molecule has 1 aromatic rings. The SMILES string of the molecule is CCNC(Cc1ccc(CC)cn1)C1CSCCS1. The van der Waals surface area contributed by atoms with Crippen LogP contribution in [0.25, 0.3) is 0 Å². The van der Waals surface area contributed by atoms with Crippen LogP contribution in [0.15, 0.2) is 18.3 Å². The molecule has 1 fully saturated rings. The lowest BCUT2D eigenvalue weighted by Gasteiger charge is -2.30.